The Morgan fingerprint density at radius 3 is 2.70 bits per heavy atom. The van der Waals surface area contributed by atoms with Crippen LogP contribution >= 0.6 is 11.3 Å². The quantitative estimate of drug-likeness (QED) is 0.686. The summed E-state index contributed by atoms with van der Waals surface area (Å²) in [6, 6.07) is 8.44. The molecule has 0 bridgehead atoms. The van der Waals surface area contributed by atoms with Crippen LogP contribution in [0.5, 0.6) is 0 Å². The summed E-state index contributed by atoms with van der Waals surface area (Å²) in [4.78, 5) is 12.7. The summed E-state index contributed by atoms with van der Waals surface area (Å²) in [5.41, 5.74) is 1.86. The molecule has 0 atom stereocenters. The highest BCUT2D eigenvalue weighted by Crippen LogP contribution is 2.24. The van der Waals surface area contributed by atoms with Gasteiger partial charge < -0.3 is 5.32 Å². The fourth-order valence-corrected chi connectivity index (χ4v) is 2.81. The van der Waals surface area contributed by atoms with E-state index in [2.05, 4.69) is 25.2 Å². The Hall–Kier alpha value is -2.39. The van der Waals surface area contributed by atoms with E-state index in [1.165, 1.54) is 27.5 Å². The third kappa shape index (κ3) is 2.95. The third-order valence-corrected chi connectivity index (χ3v) is 4.15. The molecule has 5 nitrogen and oxygen atoms in total. The lowest BCUT2D eigenvalue weighted by molar-refractivity contribution is -0.385. The number of hydrogen-bond acceptors (Lipinski definition) is 5. The second-order valence-corrected chi connectivity index (χ2v) is 5.75. The number of hydrogen-bond donors (Lipinski definition) is 1. The first kappa shape index (κ1) is 14.0. The fourth-order valence-electron chi connectivity index (χ4n) is 1.82. The van der Waals surface area contributed by atoms with Gasteiger partial charge in [-0.3, -0.25) is 10.1 Å². The molecule has 20 heavy (non-hydrogen) atoms. The highest BCUT2D eigenvalue weighted by atomic mass is 32.1. The molecule has 0 unspecified atom stereocenters. The van der Waals surface area contributed by atoms with Crippen LogP contribution in [-0.2, 0) is 6.54 Å². The Morgan fingerprint density at radius 1 is 1.40 bits per heavy atom. The molecule has 0 radical (unpaired) electrons. The number of nitrogens with zero attached hydrogens (tertiary/aromatic N) is 2. The lowest BCUT2D eigenvalue weighted by Gasteiger charge is -2.05. The van der Waals surface area contributed by atoms with Gasteiger partial charge in [-0.1, -0.05) is 0 Å². The molecule has 6 heteroatoms. The molecular formula is C14H13N3O2S. The normalized spacial score (nSPS) is 10.1. The molecule has 0 amide bonds. The number of anilines is 1. The van der Waals surface area contributed by atoms with E-state index in [9.17, 15) is 10.1 Å². The summed E-state index contributed by atoms with van der Waals surface area (Å²) in [5, 5.41) is 22.9. The van der Waals surface area contributed by atoms with E-state index in [4.69, 9.17) is 5.26 Å². The molecule has 0 spiro atoms. The minimum absolute atomic E-state index is 0.0681. The van der Waals surface area contributed by atoms with E-state index < -0.39 is 4.92 Å². The molecule has 2 aromatic rings. The van der Waals surface area contributed by atoms with Crippen LogP contribution in [0, 0.1) is 35.3 Å². The van der Waals surface area contributed by atoms with Gasteiger partial charge in [0.05, 0.1) is 4.92 Å². The molecule has 1 aromatic carbocycles. The summed E-state index contributed by atoms with van der Waals surface area (Å²) >= 11 is 1.72. The Balaban J connectivity index is 2.14. The van der Waals surface area contributed by atoms with Gasteiger partial charge in [0, 0.05) is 28.1 Å². The second-order valence-electron chi connectivity index (χ2n) is 4.41. The predicted octanol–water partition coefficient (Wildman–Crippen LogP) is 3.76. The van der Waals surface area contributed by atoms with Gasteiger partial charge in [0.25, 0.3) is 5.69 Å². The molecule has 1 aromatic heterocycles. The Bertz CT molecular complexity index is 681. The van der Waals surface area contributed by atoms with Gasteiger partial charge in [-0.15, -0.1) is 11.3 Å². The zero-order chi connectivity index (χ0) is 14.7. The zero-order valence-electron chi connectivity index (χ0n) is 11.1. The zero-order valence-corrected chi connectivity index (χ0v) is 12.0. The SMILES string of the molecule is Cc1cc(CNc2ccc([N+](=O)[O-])c(C#N)c2)sc1C. The van der Waals surface area contributed by atoms with Crippen molar-refractivity contribution in [2.24, 2.45) is 0 Å². The summed E-state index contributed by atoms with van der Waals surface area (Å²) in [6.07, 6.45) is 0. The molecule has 0 saturated heterocycles. The topological polar surface area (TPSA) is 79.0 Å². The maximum atomic E-state index is 10.7. The highest BCUT2D eigenvalue weighted by molar-refractivity contribution is 7.12. The van der Waals surface area contributed by atoms with Crippen molar-refractivity contribution in [3.8, 4) is 6.07 Å². The van der Waals surface area contributed by atoms with Crippen LogP contribution in [0.15, 0.2) is 24.3 Å². The maximum Gasteiger partial charge on any atom is 0.287 e. The molecule has 1 heterocycles. The first-order valence-corrected chi connectivity index (χ1v) is 6.81. The lowest BCUT2D eigenvalue weighted by Crippen LogP contribution is -1.99. The van der Waals surface area contributed by atoms with Crippen molar-refractivity contribution >= 4 is 22.7 Å². The molecule has 0 aliphatic heterocycles. The van der Waals surface area contributed by atoms with Crippen molar-refractivity contribution in [1.82, 2.24) is 0 Å². The molecule has 2 rings (SSSR count). The van der Waals surface area contributed by atoms with Crippen LogP contribution in [0.25, 0.3) is 0 Å². The average Bonchev–Trinajstić information content (AvgIpc) is 2.75. The number of nitro groups is 1. The van der Waals surface area contributed by atoms with Crippen LogP contribution in [0.1, 0.15) is 20.9 Å². The number of benzene rings is 1. The number of rotatable bonds is 4. The molecule has 0 fully saturated rings. The summed E-state index contributed by atoms with van der Waals surface area (Å²) in [6.45, 7) is 4.78. The van der Waals surface area contributed by atoms with Gasteiger partial charge in [-0.25, -0.2) is 0 Å². The van der Waals surface area contributed by atoms with E-state index in [0.29, 0.717) is 12.2 Å². The number of thiophene rings is 1. The second kappa shape index (κ2) is 5.72. The van der Waals surface area contributed by atoms with Crippen molar-refractivity contribution in [3.05, 3.63) is 55.3 Å². The average molecular weight is 287 g/mol. The van der Waals surface area contributed by atoms with Crippen LogP contribution in [0.4, 0.5) is 11.4 Å². The summed E-state index contributed by atoms with van der Waals surface area (Å²) in [7, 11) is 0. The van der Waals surface area contributed by atoms with Gasteiger partial charge in [-0.05, 0) is 37.6 Å². The Kier molecular flexibility index (Phi) is 4.01. The van der Waals surface area contributed by atoms with Crippen molar-refractivity contribution in [1.29, 1.82) is 5.26 Å². The summed E-state index contributed by atoms with van der Waals surface area (Å²) < 4.78 is 0. The van der Waals surface area contributed by atoms with Crippen molar-refractivity contribution in [3.63, 3.8) is 0 Å². The smallest absolute Gasteiger partial charge is 0.287 e. The lowest BCUT2D eigenvalue weighted by atomic mass is 10.1. The minimum atomic E-state index is -0.547. The molecule has 1 N–H and O–H groups in total. The first-order chi connectivity index (χ1) is 9.51. The molecular weight excluding hydrogens is 274 g/mol. The molecule has 0 aliphatic rings. The van der Waals surface area contributed by atoms with Crippen LogP contribution in [0.2, 0.25) is 0 Å². The maximum absolute atomic E-state index is 10.7. The molecule has 102 valence electrons. The van der Waals surface area contributed by atoms with E-state index >= 15 is 0 Å². The van der Waals surface area contributed by atoms with Crippen molar-refractivity contribution in [2.75, 3.05) is 5.32 Å². The van der Waals surface area contributed by atoms with Crippen LogP contribution in [0.3, 0.4) is 0 Å². The molecule has 0 aliphatic carbocycles. The van der Waals surface area contributed by atoms with E-state index in [1.54, 1.807) is 17.4 Å². The van der Waals surface area contributed by atoms with Gasteiger partial charge in [0.15, 0.2) is 0 Å². The number of nitro benzene ring substituents is 1. The van der Waals surface area contributed by atoms with E-state index in [-0.39, 0.29) is 11.3 Å². The third-order valence-electron chi connectivity index (χ3n) is 3.00. The van der Waals surface area contributed by atoms with E-state index in [1.807, 2.05) is 6.07 Å². The number of nitrogens with one attached hydrogen (secondary N) is 1. The fraction of sp³-hybridized carbons (Fsp3) is 0.214. The largest absolute Gasteiger partial charge is 0.380 e. The summed E-state index contributed by atoms with van der Waals surface area (Å²) in [5.74, 6) is 0. The van der Waals surface area contributed by atoms with Crippen molar-refractivity contribution < 1.29 is 4.92 Å². The number of aryl methyl sites for hydroxylation is 2. The monoisotopic (exact) mass is 287 g/mol. The van der Waals surface area contributed by atoms with Gasteiger partial charge in [0.2, 0.25) is 0 Å². The van der Waals surface area contributed by atoms with E-state index in [0.717, 1.165) is 0 Å². The Morgan fingerprint density at radius 2 is 2.15 bits per heavy atom. The van der Waals surface area contributed by atoms with Crippen LogP contribution < -0.4 is 5.32 Å². The van der Waals surface area contributed by atoms with Gasteiger partial charge in [0.1, 0.15) is 11.6 Å². The highest BCUT2D eigenvalue weighted by Gasteiger charge is 2.13. The predicted molar refractivity (Wildman–Crippen MR) is 78.9 cm³/mol. The first-order valence-electron chi connectivity index (χ1n) is 5.99. The Labute approximate surface area is 120 Å². The van der Waals surface area contributed by atoms with Crippen LogP contribution in [-0.4, -0.2) is 4.92 Å². The standard InChI is InChI=1S/C14H13N3O2S/c1-9-5-13(20-10(9)2)8-16-12-3-4-14(17(18)19)11(6-12)7-15/h3-6,16H,8H2,1-2H3. The minimum Gasteiger partial charge on any atom is -0.380 e. The van der Waals surface area contributed by atoms with Crippen molar-refractivity contribution in [2.45, 2.75) is 20.4 Å². The van der Waals surface area contributed by atoms with Gasteiger partial charge >= 0.3 is 0 Å². The number of nitriles is 1. The molecule has 0 saturated carbocycles. The van der Waals surface area contributed by atoms with Gasteiger partial charge in [-0.2, -0.15) is 5.26 Å².